The Morgan fingerprint density at radius 2 is 2.26 bits per heavy atom. The van der Waals surface area contributed by atoms with E-state index >= 15 is 0 Å². The van der Waals surface area contributed by atoms with E-state index in [2.05, 4.69) is 31.5 Å². The molecule has 0 radical (unpaired) electrons. The van der Waals surface area contributed by atoms with Gasteiger partial charge in [0.25, 0.3) is 0 Å². The maximum Gasteiger partial charge on any atom is 0.225 e. The van der Waals surface area contributed by atoms with E-state index in [0.717, 1.165) is 29.5 Å². The first-order valence-corrected chi connectivity index (χ1v) is 7.57. The van der Waals surface area contributed by atoms with Crippen LogP contribution in [0.5, 0.6) is 0 Å². The number of anilines is 1. The fourth-order valence-electron chi connectivity index (χ4n) is 2.32. The monoisotopic (exact) mass is 325 g/mol. The number of halogens is 1. The third-order valence-electron chi connectivity index (χ3n) is 3.55. The third kappa shape index (κ3) is 4.58. The molecule has 2 heterocycles. The molecular formula is C14H20BrN3O. The summed E-state index contributed by atoms with van der Waals surface area (Å²) in [5.41, 5.74) is 1.07. The number of nitrogens with one attached hydrogen (secondary N) is 2. The van der Waals surface area contributed by atoms with Crippen LogP contribution in [-0.2, 0) is 4.79 Å². The third-order valence-corrected chi connectivity index (χ3v) is 4.38. The van der Waals surface area contributed by atoms with Crippen molar-refractivity contribution in [1.82, 2.24) is 10.3 Å². The first-order valence-electron chi connectivity index (χ1n) is 6.78. The fraction of sp³-hybridized carbons (Fsp3) is 0.571. The Morgan fingerprint density at radius 3 is 2.95 bits per heavy atom. The molecule has 0 saturated carbocycles. The lowest BCUT2D eigenvalue weighted by molar-refractivity contribution is -0.116. The Balaban J connectivity index is 1.78. The second-order valence-corrected chi connectivity index (χ2v) is 5.95. The summed E-state index contributed by atoms with van der Waals surface area (Å²) in [6.45, 7) is 4.15. The predicted molar refractivity (Wildman–Crippen MR) is 80.1 cm³/mol. The Morgan fingerprint density at radius 1 is 1.53 bits per heavy atom. The normalized spacial score (nSPS) is 16.3. The number of nitrogens with zero attached hydrogens (tertiary/aromatic N) is 1. The summed E-state index contributed by atoms with van der Waals surface area (Å²) in [4.78, 5) is 16.1. The molecule has 0 unspecified atom stereocenters. The van der Waals surface area contributed by atoms with Crippen molar-refractivity contribution in [2.24, 2.45) is 5.92 Å². The molecule has 2 N–H and O–H groups in total. The summed E-state index contributed by atoms with van der Waals surface area (Å²) in [5.74, 6) is 1.38. The number of aryl methyl sites for hydroxylation is 1. The van der Waals surface area contributed by atoms with Crippen molar-refractivity contribution in [3.63, 3.8) is 0 Å². The minimum atomic E-state index is 0.0627. The summed E-state index contributed by atoms with van der Waals surface area (Å²) in [7, 11) is 0. The van der Waals surface area contributed by atoms with E-state index < -0.39 is 0 Å². The van der Waals surface area contributed by atoms with E-state index in [1.54, 1.807) is 6.20 Å². The van der Waals surface area contributed by atoms with Gasteiger partial charge in [0, 0.05) is 17.1 Å². The van der Waals surface area contributed by atoms with Crippen molar-refractivity contribution < 1.29 is 4.79 Å². The number of rotatable bonds is 4. The molecule has 0 aromatic carbocycles. The van der Waals surface area contributed by atoms with Crippen molar-refractivity contribution in [3.8, 4) is 0 Å². The molecule has 1 fully saturated rings. The number of aromatic nitrogens is 1. The largest absolute Gasteiger partial charge is 0.317 e. The maximum absolute atomic E-state index is 11.9. The summed E-state index contributed by atoms with van der Waals surface area (Å²) in [6, 6.07) is 1.88. The van der Waals surface area contributed by atoms with Crippen molar-refractivity contribution in [2.75, 3.05) is 18.4 Å². The standard InChI is InChI=1S/C14H20BrN3O/c1-10-8-13(17-9-12(10)15)18-14(19)3-2-11-4-6-16-7-5-11/h8-9,11,16H,2-7H2,1H3,(H,17,18,19). The highest BCUT2D eigenvalue weighted by molar-refractivity contribution is 9.10. The number of carbonyl (C=O) groups is 1. The number of amides is 1. The molecule has 0 spiro atoms. The van der Waals surface area contributed by atoms with Gasteiger partial charge in [-0.25, -0.2) is 4.98 Å². The van der Waals surface area contributed by atoms with Crippen LogP contribution in [0.3, 0.4) is 0 Å². The quantitative estimate of drug-likeness (QED) is 0.895. The highest BCUT2D eigenvalue weighted by Crippen LogP contribution is 2.19. The molecule has 1 aliphatic heterocycles. The molecule has 2 rings (SSSR count). The molecule has 5 heteroatoms. The Hall–Kier alpha value is -0.940. The lowest BCUT2D eigenvalue weighted by Gasteiger charge is -2.22. The zero-order valence-corrected chi connectivity index (χ0v) is 12.8. The van der Waals surface area contributed by atoms with Crippen LogP contribution in [0, 0.1) is 12.8 Å². The number of piperidine rings is 1. The topological polar surface area (TPSA) is 54.0 Å². The molecule has 104 valence electrons. The van der Waals surface area contributed by atoms with Crippen LogP contribution in [0.15, 0.2) is 16.7 Å². The van der Waals surface area contributed by atoms with Gasteiger partial charge in [-0.3, -0.25) is 4.79 Å². The second kappa shape index (κ2) is 7.01. The summed E-state index contributed by atoms with van der Waals surface area (Å²) < 4.78 is 0.959. The molecule has 0 aliphatic carbocycles. The van der Waals surface area contributed by atoms with Gasteiger partial charge in [0.05, 0.1) is 0 Å². The minimum Gasteiger partial charge on any atom is -0.317 e. The van der Waals surface area contributed by atoms with Crippen molar-refractivity contribution >= 4 is 27.7 Å². The van der Waals surface area contributed by atoms with Gasteiger partial charge in [0.15, 0.2) is 0 Å². The highest BCUT2D eigenvalue weighted by atomic mass is 79.9. The molecular weight excluding hydrogens is 306 g/mol. The lowest BCUT2D eigenvalue weighted by atomic mass is 9.93. The molecule has 1 amide bonds. The van der Waals surface area contributed by atoms with Gasteiger partial charge in [0.1, 0.15) is 5.82 Å². The number of carbonyl (C=O) groups excluding carboxylic acids is 1. The molecule has 0 atom stereocenters. The molecule has 19 heavy (non-hydrogen) atoms. The summed E-state index contributed by atoms with van der Waals surface area (Å²) in [5, 5.41) is 6.20. The van der Waals surface area contributed by atoms with Crippen LogP contribution < -0.4 is 10.6 Å². The highest BCUT2D eigenvalue weighted by Gasteiger charge is 2.14. The molecule has 1 aromatic heterocycles. The average molecular weight is 326 g/mol. The van der Waals surface area contributed by atoms with Crippen LogP contribution in [-0.4, -0.2) is 24.0 Å². The van der Waals surface area contributed by atoms with Gasteiger partial charge >= 0.3 is 0 Å². The maximum atomic E-state index is 11.9. The lowest BCUT2D eigenvalue weighted by Crippen LogP contribution is -2.28. The van der Waals surface area contributed by atoms with Crippen LogP contribution in [0.2, 0.25) is 0 Å². The summed E-state index contributed by atoms with van der Waals surface area (Å²) in [6.07, 6.45) is 5.65. The SMILES string of the molecule is Cc1cc(NC(=O)CCC2CCNCC2)ncc1Br. The fourth-order valence-corrected chi connectivity index (χ4v) is 2.54. The Kier molecular flexibility index (Phi) is 5.34. The first-order chi connectivity index (χ1) is 9.15. The van der Waals surface area contributed by atoms with Crippen LogP contribution in [0.25, 0.3) is 0 Å². The Bertz CT molecular complexity index is 444. The first kappa shape index (κ1) is 14.5. The zero-order chi connectivity index (χ0) is 13.7. The minimum absolute atomic E-state index is 0.0627. The number of hydrogen-bond donors (Lipinski definition) is 2. The molecule has 1 saturated heterocycles. The van der Waals surface area contributed by atoms with Crippen LogP contribution in [0.4, 0.5) is 5.82 Å². The molecule has 4 nitrogen and oxygen atoms in total. The zero-order valence-electron chi connectivity index (χ0n) is 11.2. The van der Waals surface area contributed by atoms with Gasteiger partial charge in [-0.05, 0) is 72.8 Å². The van der Waals surface area contributed by atoms with Gasteiger partial charge in [0.2, 0.25) is 5.91 Å². The van der Waals surface area contributed by atoms with E-state index in [1.165, 1.54) is 12.8 Å². The summed E-state index contributed by atoms with van der Waals surface area (Å²) >= 11 is 3.40. The van der Waals surface area contributed by atoms with Crippen molar-refractivity contribution in [1.29, 1.82) is 0 Å². The van der Waals surface area contributed by atoms with Gasteiger partial charge in [-0.1, -0.05) is 0 Å². The van der Waals surface area contributed by atoms with Gasteiger partial charge in [-0.15, -0.1) is 0 Å². The van der Waals surface area contributed by atoms with Gasteiger partial charge < -0.3 is 10.6 Å². The molecule has 0 bridgehead atoms. The number of pyridine rings is 1. The predicted octanol–water partition coefficient (Wildman–Crippen LogP) is 2.87. The van der Waals surface area contributed by atoms with E-state index in [9.17, 15) is 4.79 Å². The second-order valence-electron chi connectivity index (χ2n) is 5.10. The molecule has 1 aliphatic rings. The number of hydrogen-bond acceptors (Lipinski definition) is 3. The smallest absolute Gasteiger partial charge is 0.225 e. The van der Waals surface area contributed by atoms with Crippen LogP contribution in [0.1, 0.15) is 31.2 Å². The van der Waals surface area contributed by atoms with E-state index in [1.807, 2.05) is 13.0 Å². The Labute approximate surface area is 122 Å². The average Bonchev–Trinajstić information content (AvgIpc) is 2.42. The van der Waals surface area contributed by atoms with E-state index in [0.29, 0.717) is 18.2 Å². The molecule has 1 aromatic rings. The van der Waals surface area contributed by atoms with E-state index in [-0.39, 0.29) is 5.91 Å². The van der Waals surface area contributed by atoms with Crippen LogP contribution >= 0.6 is 15.9 Å². The van der Waals surface area contributed by atoms with E-state index in [4.69, 9.17) is 0 Å². The van der Waals surface area contributed by atoms with Crippen molar-refractivity contribution in [3.05, 3.63) is 22.3 Å². The van der Waals surface area contributed by atoms with Crippen molar-refractivity contribution in [2.45, 2.75) is 32.6 Å². The van der Waals surface area contributed by atoms with Gasteiger partial charge in [-0.2, -0.15) is 0 Å².